The van der Waals surface area contributed by atoms with Crippen molar-refractivity contribution in [2.24, 2.45) is 0 Å². The van der Waals surface area contributed by atoms with E-state index in [4.69, 9.17) is 32.6 Å². The van der Waals surface area contributed by atoms with Crippen LogP contribution in [0.5, 0.6) is 0 Å². The van der Waals surface area contributed by atoms with Crippen molar-refractivity contribution in [3.05, 3.63) is 102 Å². The van der Waals surface area contributed by atoms with E-state index in [0.717, 1.165) is 11.1 Å². The van der Waals surface area contributed by atoms with Gasteiger partial charge in [0.2, 0.25) is 0 Å². The predicted molar refractivity (Wildman–Crippen MR) is 164 cm³/mol. The van der Waals surface area contributed by atoms with Gasteiger partial charge in [-0.15, -0.1) is 0 Å². The second-order valence-corrected chi connectivity index (χ2v) is 12.9. The molecule has 0 radical (unpaired) electrons. The molecule has 242 valence electrons. The molecule has 0 saturated carbocycles. The van der Waals surface area contributed by atoms with Crippen molar-refractivity contribution in [1.29, 1.82) is 0 Å². The average Bonchev–Trinajstić information content (AvgIpc) is 3.04. The van der Waals surface area contributed by atoms with Crippen molar-refractivity contribution < 1.29 is 45.8 Å². The fourth-order valence-corrected chi connectivity index (χ4v) is 6.64. The van der Waals surface area contributed by atoms with E-state index in [1.54, 1.807) is 50.2 Å². The topological polar surface area (TPSA) is 116 Å². The lowest BCUT2D eigenvalue weighted by molar-refractivity contribution is -0.303. The minimum Gasteiger partial charge on any atom is -0.453 e. The predicted octanol–water partition coefficient (Wildman–Crippen LogP) is 5.18. The number of hydrogen-bond acceptors (Lipinski definition) is 10. The van der Waals surface area contributed by atoms with Gasteiger partial charge in [-0.25, -0.2) is 4.79 Å². The highest BCUT2D eigenvalue weighted by Gasteiger charge is 2.46. The van der Waals surface area contributed by atoms with Crippen LogP contribution >= 0.6 is 0 Å². The highest BCUT2D eigenvalue weighted by atomic mass is 32.2. The van der Waals surface area contributed by atoms with Gasteiger partial charge in [-0.05, 0) is 50.6 Å². The van der Waals surface area contributed by atoms with Gasteiger partial charge in [0.1, 0.15) is 12.2 Å². The standard InChI is InChI=1S/C34H40O10S/c1-22-15-17-27(18-16-22)45(36,37)44-33-24(3)40-30(38-4)20-29(33)42-31-19-28(39-21-25-11-7-5-8-12-25)32(23(2)41-31)43-34(35)26-13-9-6-10-14-26/h5-18,23-24,28-33H,19-21H2,1-4H3/t23-,24-,28-,29-,30+,31-,32-,33-/m1/s1. The third-order valence-electron chi connectivity index (χ3n) is 7.94. The molecule has 3 aromatic rings. The van der Waals surface area contributed by atoms with Crippen LogP contribution in [0.4, 0.5) is 0 Å². The molecule has 0 spiro atoms. The molecule has 5 rings (SSSR count). The summed E-state index contributed by atoms with van der Waals surface area (Å²) in [7, 11) is -2.63. The molecule has 11 heteroatoms. The van der Waals surface area contributed by atoms with Crippen LogP contribution in [0.15, 0.2) is 89.8 Å². The van der Waals surface area contributed by atoms with Crippen molar-refractivity contribution in [2.45, 2.75) is 94.3 Å². The average molecular weight is 641 g/mol. The number of carbonyl (C=O) groups is 1. The van der Waals surface area contributed by atoms with E-state index in [9.17, 15) is 13.2 Å². The molecule has 3 aromatic carbocycles. The van der Waals surface area contributed by atoms with E-state index >= 15 is 0 Å². The lowest BCUT2D eigenvalue weighted by Crippen LogP contribution is -2.55. The second-order valence-electron chi connectivity index (χ2n) is 11.3. The molecule has 0 bridgehead atoms. The number of benzene rings is 3. The van der Waals surface area contributed by atoms with E-state index in [1.165, 1.54) is 19.2 Å². The van der Waals surface area contributed by atoms with E-state index in [1.807, 2.05) is 43.3 Å². The van der Waals surface area contributed by atoms with Crippen LogP contribution in [0.25, 0.3) is 0 Å². The largest absolute Gasteiger partial charge is 0.453 e. The Morgan fingerprint density at radius 2 is 1.40 bits per heavy atom. The van der Waals surface area contributed by atoms with E-state index < -0.39 is 65.3 Å². The van der Waals surface area contributed by atoms with E-state index in [0.29, 0.717) is 5.56 Å². The quantitative estimate of drug-likeness (QED) is 0.205. The van der Waals surface area contributed by atoms with Crippen molar-refractivity contribution in [1.82, 2.24) is 0 Å². The Balaban J connectivity index is 1.34. The molecule has 8 atom stereocenters. The molecule has 2 heterocycles. The van der Waals surface area contributed by atoms with Crippen molar-refractivity contribution in [3.8, 4) is 0 Å². The normalized spacial score (nSPS) is 28.8. The molecule has 2 saturated heterocycles. The molecular formula is C34H40O10S. The van der Waals surface area contributed by atoms with Gasteiger partial charge in [-0.3, -0.25) is 4.18 Å². The summed E-state index contributed by atoms with van der Waals surface area (Å²) in [6.45, 7) is 5.66. The Labute approximate surface area is 264 Å². The highest BCUT2D eigenvalue weighted by molar-refractivity contribution is 7.86. The summed E-state index contributed by atoms with van der Waals surface area (Å²) in [4.78, 5) is 13.1. The summed E-state index contributed by atoms with van der Waals surface area (Å²) in [6.07, 6.45) is -5.41. The number of methoxy groups -OCH3 is 1. The van der Waals surface area contributed by atoms with Gasteiger partial charge in [0.05, 0.1) is 35.4 Å². The first-order valence-electron chi connectivity index (χ1n) is 15.0. The van der Waals surface area contributed by atoms with Crippen LogP contribution < -0.4 is 0 Å². The van der Waals surface area contributed by atoms with E-state index in [-0.39, 0.29) is 24.3 Å². The van der Waals surface area contributed by atoms with Gasteiger partial charge in [-0.2, -0.15) is 8.42 Å². The summed E-state index contributed by atoms with van der Waals surface area (Å²) in [5.74, 6) is -0.486. The van der Waals surface area contributed by atoms with Crippen LogP contribution in [-0.4, -0.2) is 70.7 Å². The number of aryl methyl sites for hydroxylation is 1. The fourth-order valence-electron chi connectivity index (χ4n) is 5.49. The molecule has 0 aromatic heterocycles. The maximum Gasteiger partial charge on any atom is 0.338 e. The Bertz CT molecular complexity index is 1480. The molecule has 0 unspecified atom stereocenters. The number of ether oxygens (including phenoxy) is 6. The first-order valence-corrected chi connectivity index (χ1v) is 16.4. The van der Waals surface area contributed by atoms with E-state index in [2.05, 4.69) is 0 Å². The van der Waals surface area contributed by atoms with Gasteiger partial charge in [0.25, 0.3) is 10.1 Å². The van der Waals surface area contributed by atoms with Gasteiger partial charge < -0.3 is 28.4 Å². The number of hydrogen-bond donors (Lipinski definition) is 0. The zero-order chi connectivity index (χ0) is 32.0. The monoisotopic (exact) mass is 640 g/mol. The van der Waals surface area contributed by atoms with Crippen LogP contribution in [-0.2, 0) is 49.3 Å². The maximum atomic E-state index is 13.3. The summed E-state index contributed by atoms with van der Waals surface area (Å²) >= 11 is 0. The van der Waals surface area contributed by atoms with Gasteiger partial charge in [0.15, 0.2) is 18.7 Å². The summed E-state index contributed by atoms with van der Waals surface area (Å²) in [5.41, 5.74) is 2.30. The minimum absolute atomic E-state index is 0.0351. The molecule has 10 nitrogen and oxygen atoms in total. The van der Waals surface area contributed by atoms with Crippen molar-refractivity contribution in [3.63, 3.8) is 0 Å². The molecule has 45 heavy (non-hydrogen) atoms. The Kier molecular flexibility index (Phi) is 11.0. The van der Waals surface area contributed by atoms with Crippen LogP contribution in [0.1, 0.15) is 48.2 Å². The van der Waals surface area contributed by atoms with Gasteiger partial charge in [-0.1, -0.05) is 66.2 Å². The Morgan fingerprint density at radius 1 is 0.800 bits per heavy atom. The Hall–Kier alpha value is -3.16. The summed E-state index contributed by atoms with van der Waals surface area (Å²) < 4.78 is 68.6. The zero-order valence-electron chi connectivity index (χ0n) is 25.8. The number of rotatable bonds is 11. The van der Waals surface area contributed by atoms with Crippen molar-refractivity contribution in [2.75, 3.05) is 7.11 Å². The third kappa shape index (κ3) is 8.56. The van der Waals surface area contributed by atoms with Crippen molar-refractivity contribution >= 4 is 16.1 Å². The maximum absolute atomic E-state index is 13.3. The van der Waals surface area contributed by atoms with Gasteiger partial charge in [0, 0.05) is 20.0 Å². The number of esters is 1. The molecule has 0 aliphatic carbocycles. The third-order valence-corrected chi connectivity index (χ3v) is 9.26. The second kappa shape index (κ2) is 15.0. The van der Waals surface area contributed by atoms with Crippen LogP contribution in [0.3, 0.4) is 0 Å². The number of carbonyl (C=O) groups excluding carboxylic acids is 1. The van der Waals surface area contributed by atoms with Crippen LogP contribution in [0.2, 0.25) is 0 Å². The lowest BCUT2D eigenvalue weighted by Gasteiger charge is -2.44. The van der Waals surface area contributed by atoms with Crippen LogP contribution in [0, 0.1) is 6.92 Å². The SMILES string of the molecule is CO[C@@H]1C[C@@H](O[C@@H]2C[C@@H](OCc3ccccc3)[C@H](OC(=O)c3ccccc3)[C@@H](C)O2)[C@H](OS(=O)(=O)c2ccc(C)cc2)[C@@H](C)O1. The van der Waals surface area contributed by atoms with Gasteiger partial charge >= 0.3 is 5.97 Å². The lowest BCUT2D eigenvalue weighted by atomic mass is 10.00. The summed E-state index contributed by atoms with van der Waals surface area (Å²) in [6, 6.07) is 24.8. The first-order chi connectivity index (χ1) is 21.6. The molecule has 0 N–H and O–H groups in total. The summed E-state index contributed by atoms with van der Waals surface area (Å²) in [5, 5.41) is 0. The highest BCUT2D eigenvalue weighted by Crippen LogP contribution is 2.33. The fraction of sp³-hybridized carbons (Fsp3) is 0.441. The molecule has 0 amide bonds. The molecule has 2 fully saturated rings. The zero-order valence-corrected chi connectivity index (χ0v) is 26.6. The first kappa shape index (κ1) is 33.2. The molecule has 2 aliphatic rings. The molecule has 2 aliphatic heterocycles. The smallest absolute Gasteiger partial charge is 0.338 e. The minimum atomic E-state index is -4.14. The molecular weight excluding hydrogens is 600 g/mol. The Morgan fingerprint density at radius 3 is 2.07 bits per heavy atom.